The third-order valence-electron chi connectivity index (χ3n) is 2.09. The average molecular weight is 305 g/mol. The Morgan fingerprint density at radius 3 is 2.76 bits per heavy atom. The molecule has 0 bridgehead atoms. The van der Waals surface area contributed by atoms with Gasteiger partial charge >= 0.3 is 5.97 Å². The van der Waals surface area contributed by atoms with Crippen LogP contribution in [-0.4, -0.2) is 42.1 Å². The van der Waals surface area contributed by atoms with E-state index in [9.17, 15) is 9.59 Å². The molecule has 1 heterocycles. The van der Waals surface area contributed by atoms with Gasteiger partial charge in [-0.25, -0.2) is 9.78 Å². The van der Waals surface area contributed by atoms with Gasteiger partial charge in [0.2, 0.25) is 0 Å². The third kappa shape index (κ3) is 3.13. The van der Waals surface area contributed by atoms with Crippen molar-refractivity contribution in [3.8, 4) is 0 Å². The summed E-state index contributed by atoms with van der Waals surface area (Å²) in [6.45, 7) is 2.80. The summed E-state index contributed by atoms with van der Waals surface area (Å²) in [5.41, 5.74) is 0.228. The maximum Gasteiger partial charge on any atom is 0.357 e. The van der Waals surface area contributed by atoms with Crippen LogP contribution in [0, 0.1) is 0 Å². The number of nitrogens with zero attached hydrogens (tertiary/aromatic N) is 2. The standard InChI is InChI=1S/C10H13BrN2O4/c1-3-13-8(7(6-14)12-10(13)11)9(15)17-5-4-16-2/h6H,3-5H2,1-2H3. The zero-order valence-corrected chi connectivity index (χ0v) is 11.2. The van der Waals surface area contributed by atoms with Crippen molar-refractivity contribution in [2.24, 2.45) is 0 Å². The smallest absolute Gasteiger partial charge is 0.357 e. The van der Waals surface area contributed by atoms with E-state index in [-0.39, 0.29) is 18.0 Å². The predicted octanol–water partition coefficient (Wildman–Crippen LogP) is 1.28. The lowest BCUT2D eigenvalue weighted by Gasteiger charge is -2.07. The van der Waals surface area contributed by atoms with Crippen molar-refractivity contribution in [3.63, 3.8) is 0 Å². The number of imidazole rings is 1. The minimum absolute atomic E-state index is 0.0705. The Morgan fingerprint density at radius 1 is 1.53 bits per heavy atom. The molecule has 0 amide bonds. The number of aldehydes is 1. The molecule has 0 saturated heterocycles. The van der Waals surface area contributed by atoms with Crippen LogP contribution >= 0.6 is 15.9 Å². The highest BCUT2D eigenvalue weighted by molar-refractivity contribution is 9.10. The fraction of sp³-hybridized carbons (Fsp3) is 0.500. The van der Waals surface area contributed by atoms with Gasteiger partial charge in [-0.3, -0.25) is 4.79 Å². The second kappa shape index (κ2) is 6.51. The summed E-state index contributed by atoms with van der Waals surface area (Å²) in [5, 5.41) is 0. The first-order valence-corrected chi connectivity index (χ1v) is 5.82. The highest BCUT2D eigenvalue weighted by atomic mass is 79.9. The number of rotatable bonds is 6. The second-order valence-corrected chi connectivity index (χ2v) is 3.81. The van der Waals surface area contributed by atoms with E-state index >= 15 is 0 Å². The number of carbonyl (C=O) groups is 2. The number of halogens is 1. The van der Waals surface area contributed by atoms with Gasteiger partial charge in [0, 0.05) is 13.7 Å². The fourth-order valence-electron chi connectivity index (χ4n) is 1.31. The monoisotopic (exact) mass is 304 g/mol. The molecule has 0 aliphatic heterocycles. The molecule has 1 rings (SSSR count). The molecule has 0 unspecified atom stereocenters. The number of methoxy groups -OCH3 is 1. The topological polar surface area (TPSA) is 70.4 Å². The maximum atomic E-state index is 11.8. The van der Waals surface area contributed by atoms with Crippen LogP contribution in [0.25, 0.3) is 0 Å². The zero-order chi connectivity index (χ0) is 12.8. The van der Waals surface area contributed by atoms with Gasteiger partial charge in [0.25, 0.3) is 0 Å². The normalized spacial score (nSPS) is 10.3. The van der Waals surface area contributed by atoms with Crippen LogP contribution in [0.4, 0.5) is 0 Å². The van der Waals surface area contributed by atoms with Gasteiger partial charge < -0.3 is 14.0 Å². The molecule has 7 heteroatoms. The Hall–Kier alpha value is -1.21. The van der Waals surface area contributed by atoms with Gasteiger partial charge in [-0.15, -0.1) is 0 Å². The lowest BCUT2D eigenvalue weighted by Crippen LogP contribution is -2.16. The first kappa shape index (κ1) is 13.9. The van der Waals surface area contributed by atoms with E-state index in [1.54, 1.807) is 4.57 Å². The SMILES string of the molecule is CCn1c(Br)nc(C=O)c1C(=O)OCCOC. The minimum Gasteiger partial charge on any atom is -0.459 e. The highest BCUT2D eigenvalue weighted by Gasteiger charge is 2.22. The molecule has 17 heavy (non-hydrogen) atoms. The summed E-state index contributed by atoms with van der Waals surface area (Å²) in [6, 6.07) is 0. The quantitative estimate of drug-likeness (QED) is 0.450. The number of hydrogen-bond donors (Lipinski definition) is 0. The average Bonchev–Trinajstić information content (AvgIpc) is 2.65. The first-order valence-electron chi connectivity index (χ1n) is 5.02. The van der Waals surface area contributed by atoms with E-state index in [1.165, 1.54) is 7.11 Å². The fourth-order valence-corrected chi connectivity index (χ4v) is 1.93. The van der Waals surface area contributed by atoms with Crippen molar-refractivity contribution in [3.05, 3.63) is 16.1 Å². The number of carbonyl (C=O) groups excluding carboxylic acids is 2. The van der Waals surface area contributed by atoms with Crippen molar-refractivity contribution < 1.29 is 19.1 Å². The molecule has 0 N–H and O–H groups in total. The highest BCUT2D eigenvalue weighted by Crippen LogP contribution is 2.16. The van der Waals surface area contributed by atoms with Crippen molar-refractivity contribution in [1.82, 2.24) is 9.55 Å². The van der Waals surface area contributed by atoms with Crippen LogP contribution in [0.5, 0.6) is 0 Å². The maximum absolute atomic E-state index is 11.8. The van der Waals surface area contributed by atoms with Gasteiger partial charge in [-0.05, 0) is 22.9 Å². The second-order valence-electron chi connectivity index (χ2n) is 3.11. The van der Waals surface area contributed by atoms with Crippen molar-refractivity contribution in [1.29, 1.82) is 0 Å². The minimum atomic E-state index is -0.579. The summed E-state index contributed by atoms with van der Waals surface area (Å²) in [4.78, 5) is 26.5. The summed E-state index contributed by atoms with van der Waals surface area (Å²) in [5.74, 6) is -0.579. The van der Waals surface area contributed by atoms with Crippen LogP contribution in [0.3, 0.4) is 0 Å². The van der Waals surface area contributed by atoms with E-state index in [4.69, 9.17) is 9.47 Å². The lowest BCUT2D eigenvalue weighted by atomic mass is 10.3. The van der Waals surface area contributed by atoms with Gasteiger partial charge in [-0.2, -0.15) is 0 Å². The molecule has 0 saturated carbocycles. The molecule has 0 spiro atoms. The Kier molecular flexibility index (Phi) is 5.30. The molecule has 0 atom stereocenters. The van der Waals surface area contributed by atoms with Gasteiger partial charge in [0.1, 0.15) is 12.3 Å². The molecular weight excluding hydrogens is 292 g/mol. The first-order chi connectivity index (χ1) is 8.15. The van der Waals surface area contributed by atoms with Gasteiger partial charge in [0.05, 0.1) is 6.61 Å². The Balaban J connectivity index is 2.94. The third-order valence-corrected chi connectivity index (χ3v) is 2.70. The van der Waals surface area contributed by atoms with Crippen molar-refractivity contribution in [2.75, 3.05) is 20.3 Å². The summed E-state index contributed by atoms with van der Waals surface area (Å²) < 4.78 is 11.7. The van der Waals surface area contributed by atoms with E-state index < -0.39 is 5.97 Å². The molecule has 0 aromatic carbocycles. The molecule has 1 aromatic heterocycles. The van der Waals surface area contributed by atoms with Crippen molar-refractivity contribution >= 4 is 28.2 Å². The van der Waals surface area contributed by atoms with Crippen molar-refractivity contribution in [2.45, 2.75) is 13.5 Å². The molecule has 0 radical (unpaired) electrons. The predicted molar refractivity (Wildman–Crippen MR) is 63.1 cm³/mol. The van der Waals surface area contributed by atoms with E-state index in [0.717, 1.165) is 0 Å². The van der Waals surface area contributed by atoms with E-state index in [2.05, 4.69) is 20.9 Å². The Bertz CT molecular complexity index is 417. The van der Waals surface area contributed by atoms with Gasteiger partial charge in [-0.1, -0.05) is 0 Å². The van der Waals surface area contributed by atoms with Crippen LogP contribution in [-0.2, 0) is 16.0 Å². The summed E-state index contributed by atoms with van der Waals surface area (Å²) in [7, 11) is 1.51. The van der Waals surface area contributed by atoms with Crippen LogP contribution in [0.15, 0.2) is 4.73 Å². The zero-order valence-electron chi connectivity index (χ0n) is 9.60. The number of hydrogen-bond acceptors (Lipinski definition) is 5. The Morgan fingerprint density at radius 2 is 2.24 bits per heavy atom. The molecule has 0 aliphatic carbocycles. The molecule has 0 aliphatic rings. The van der Waals surface area contributed by atoms with E-state index in [1.807, 2.05) is 6.92 Å². The number of aromatic nitrogens is 2. The van der Waals surface area contributed by atoms with Gasteiger partial charge in [0.15, 0.2) is 16.7 Å². The Labute approximate surface area is 107 Å². The van der Waals surface area contributed by atoms with Crippen LogP contribution in [0.1, 0.15) is 27.9 Å². The lowest BCUT2D eigenvalue weighted by molar-refractivity contribution is 0.0374. The molecule has 1 aromatic rings. The molecule has 94 valence electrons. The molecular formula is C10H13BrN2O4. The van der Waals surface area contributed by atoms with Crippen LogP contribution in [0.2, 0.25) is 0 Å². The van der Waals surface area contributed by atoms with Crippen LogP contribution < -0.4 is 0 Å². The molecule has 0 fully saturated rings. The largest absolute Gasteiger partial charge is 0.459 e. The van der Waals surface area contributed by atoms with E-state index in [0.29, 0.717) is 24.2 Å². The summed E-state index contributed by atoms with van der Waals surface area (Å²) in [6.07, 6.45) is 0.532. The number of ether oxygens (including phenoxy) is 2. The number of esters is 1. The molecule has 6 nitrogen and oxygen atoms in total. The summed E-state index contributed by atoms with van der Waals surface area (Å²) >= 11 is 3.18.